The molecule has 0 aliphatic carbocycles. The summed E-state index contributed by atoms with van der Waals surface area (Å²) in [7, 11) is -5.81. The van der Waals surface area contributed by atoms with E-state index in [9.17, 15) is 26.4 Å². The van der Waals surface area contributed by atoms with Crippen molar-refractivity contribution in [3.05, 3.63) is 65.4 Å². The van der Waals surface area contributed by atoms with Gasteiger partial charge in [0.15, 0.2) is 5.75 Å². The predicted molar refractivity (Wildman–Crippen MR) is 97.1 cm³/mol. The first-order chi connectivity index (χ1) is 12.9. The SMILES string of the molecule is C=C(C)OC(=O)Cc1ccc(-c2ccc(OS(=O)(=O)C(F)(F)F)c(Cl)c2)cc1. The van der Waals surface area contributed by atoms with Crippen molar-refractivity contribution >= 4 is 27.7 Å². The highest BCUT2D eigenvalue weighted by Gasteiger charge is 2.48. The molecular weight excluding hydrogens is 421 g/mol. The van der Waals surface area contributed by atoms with Gasteiger partial charge in [-0.25, -0.2) is 0 Å². The molecule has 5 nitrogen and oxygen atoms in total. The van der Waals surface area contributed by atoms with Gasteiger partial charge < -0.3 is 8.92 Å². The molecule has 0 saturated heterocycles. The fourth-order valence-electron chi connectivity index (χ4n) is 2.13. The molecule has 2 aromatic carbocycles. The fourth-order valence-corrected chi connectivity index (χ4v) is 2.87. The molecule has 0 aliphatic rings. The Kier molecular flexibility index (Phi) is 6.41. The van der Waals surface area contributed by atoms with Crippen molar-refractivity contribution in [1.82, 2.24) is 0 Å². The number of alkyl halides is 3. The van der Waals surface area contributed by atoms with Crippen molar-refractivity contribution in [3.8, 4) is 16.9 Å². The van der Waals surface area contributed by atoms with Crippen LogP contribution >= 0.6 is 11.6 Å². The predicted octanol–water partition coefficient (Wildman–Crippen LogP) is 4.85. The van der Waals surface area contributed by atoms with Crippen LogP contribution in [0.3, 0.4) is 0 Å². The second-order valence-corrected chi connectivity index (χ2v) is 7.62. The molecule has 0 amide bonds. The van der Waals surface area contributed by atoms with Gasteiger partial charge >= 0.3 is 21.6 Å². The first-order valence-corrected chi connectivity index (χ1v) is 9.43. The molecule has 0 aliphatic heterocycles. The Labute approximate surface area is 164 Å². The summed E-state index contributed by atoms with van der Waals surface area (Å²) >= 11 is 5.86. The Bertz CT molecular complexity index is 999. The van der Waals surface area contributed by atoms with E-state index in [1.165, 1.54) is 12.1 Å². The standard InChI is InChI=1S/C18H14ClF3O5S/c1-11(2)26-17(23)9-12-3-5-13(6-4-12)14-7-8-16(15(19)10-14)27-28(24,25)18(20,21)22/h3-8,10H,1,9H2,2H3. The van der Waals surface area contributed by atoms with E-state index in [0.717, 1.165) is 6.07 Å². The Morgan fingerprint density at radius 3 is 2.18 bits per heavy atom. The number of halogens is 4. The molecule has 0 bridgehead atoms. The maximum atomic E-state index is 12.4. The third-order valence-electron chi connectivity index (χ3n) is 3.34. The van der Waals surface area contributed by atoms with Crippen LogP contribution in [-0.2, 0) is 26.1 Å². The lowest BCUT2D eigenvalue weighted by atomic mass is 10.0. The van der Waals surface area contributed by atoms with Gasteiger partial charge in [0, 0.05) is 0 Å². The number of rotatable bonds is 6. The van der Waals surface area contributed by atoms with Crippen molar-refractivity contribution in [3.63, 3.8) is 0 Å². The highest BCUT2D eigenvalue weighted by Crippen LogP contribution is 2.34. The van der Waals surface area contributed by atoms with Gasteiger partial charge in [-0.2, -0.15) is 21.6 Å². The number of carbonyl (C=O) groups excluding carboxylic acids is 1. The van der Waals surface area contributed by atoms with E-state index in [0.29, 0.717) is 16.7 Å². The lowest BCUT2D eigenvalue weighted by Crippen LogP contribution is -2.28. The van der Waals surface area contributed by atoms with Gasteiger partial charge in [-0.3, -0.25) is 4.79 Å². The second kappa shape index (κ2) is 8.24. The summed E-state index contributed by atoms with van der Waals surface area (Å²) in [6.45, 7) is 5.03. The number of esters is 1. The van der Waals surface area contributed by atoms with E-state index in [2.05, 4.69) is 10.8 Å². The summed E-state index contributed by atoms with van der Waals surface area (Å²) < 4.78 is 68.2. The van der Waals surface area contributed by atoms with Crippen LogP contribution in [0.5, 0.6) is 5.75 Å². The largest absolute Gasteiger partial charge is 0.534 e. The van der Waals surface area contributed by atoms with Gasteiger partial charge in [-0.05, 0) is 35.7 Å². The zero-order chi connectivity index (χ0) is 21.1. The first kappa shape index (κ1) is 21.8. The average molecular weight is 435 g/mol. The van der Waals surface area contributed by atoms with Crippen LogP contribution < -0.4 is 4.18 Å². The summed E-state index contributed by atoms with van der Waals surface area (Å²) in [6.07, 6.45) is 0.0377. The van der Waals surface area contributed by atoms with Crippen LogP contribution in [0.25, 0.3) is 11.1 Å². The molecule has 2 rings (SSSR count). The molecule has 28 heavy (non-hydrogen) atoms. The molecule has 0 N–H and O–H groups in total. The molecule has 0 spiro atoms. The zero-order valence-electron chi connectivity index (χ0n) is 14.4. The van der Waals surface area contributed by atoms with E-state index in [4.69, 9.17) is 16.3 Å². The molecule has 0 unspecified atom stereocenters. The molecule has 2 aromatic rings. The summed E-state index contributed by atoms with van der Waals surface area (Å²) in [5.41, 5.74) is -3.73. The minimum absolute atomic E-state index is 0.0377. The van der Waals surface area contributed by atoms with Gasteiger partial charge in [-0.15, -0.1) is 0 Å². The van der Waals surface area contributed by atoms with E-state index in [1.54, 1.807) is 31.2 Å². The molecule has 10 heteroatoms. The molecular formula is C18H14ClF3O5S. The highest BCUT2D eigenvalue weighted by atomic mass is 35.5. The molecule has 0 fully saturated rings. The maximum absolute atomic E-state index is 12.4. The van der Waals surface area contributed by atoms with Crippen LogP contribution in [0.4, 0.5) is 13.2 Å². The monoisotopic (exact) mass is 434 g/mol. The molecule has 150 valence electrons. The van der Waals surface area contributed by atoms with Crippen molar-refractivity contribution in [2.45, 2.75) is 18.9 Å². The molecule has 0 aromatic heterocycles. The lowest BCUT2D eigenvalue weighted by molar-refractivity contribution is -0.138. The lowest BCUT2D eigenvalue weighted by Gasteiger charge is -2.11. The minimum Gasteiger partial charge on any atom is -0.432 e. The van der Waals surface area contributed by atoms with Gasteiger partial charge in [-0.1, -0.05) is 48.5 Å². The Morgan fingerprint density at radius 1 is 1.11 bits per heavy atom. The van der Waals surface area contributed by atoms with Gasteiger partial charge in [0.1, 0.15) is 0 Å². The molecule has 0 saturated carbocycles. The van der Waals surface area contributed by atoms with Gasteiger partial charge in [0.05, 0.1) is 17.2 Å². The molecule has 0 atom stereocenters. The summed E-state index contributed by atoms with van der Waals surface area (Å²) in [6, 6.07) is 10.3. The highest BCUT2D eigenvalue weighted by molar-refractivity contribution is 7.88. The number of benzene rings is 2. The second-order valence-electron chi connectivity index (χ2n) is 5.68. The average Bonchev–Trinajstić information content (AvgIpc) is 2.55. The van der Waals surface area contributed by atoms with E-state index < -0.39 is 27.3 Å². The van der Waals surface area contributed by atoms with E-state index >= 15 is 0 Å². The quantitative estimate of drug-likeness (QED) is 0.281. The zero-order valence-corrected chi connectivity index (χ0v) is 16.0. The van der Waals surface area contributed by atoms with Crippen LogP contribution in [0.1, 0.15) is 12.5 Å². The van der Waals surface area contributed by atoms with Crippen molar-refractivity contribution in [2.24, 2.45) is 0 Å². The first-order valence-electron chi connectivity index (χ1n) is 7.65. The third-order valence-corrected chi connectivity index (χ3v) is 4.60. The number of allylic oxidation sites excluding steroid dienone is 1. The smallest absolute Gasteiger partial charge is 0.432 e. The van der Waals surface area contributed by atoms with Crippen LogP contribution in [-0.4, -0.2) is 19.9 Å². The van der Waals surface area contributed by atoms with Gasteiger partial charge in [0.25, 0.3) is 0 Å². The maximum Gasteiger partial charge on any atom is 0.534 e. The summed E-state index contributed by atoms with van der Waals surface area (Å²) in [5.74, 6) is -0.816. The van der Waals surface area contributed by atoms with Crippen molar-refractivity contribution in [1.29, 1.82) is 0 Å². The number of hydrogen-bond acceptors (Lipinski definition) is 5. The van der Waals surface area contributed by atoms with Gasteiger partial charge in [0.2, 0.25) is 0 Å². The topological polar surface area (TPSA) is 69.7 Å². The molecule has 0 heterocycles. The van der Waals surface area contributed by atoms with Crippen molar-refractivity contribution in [2.75, 3.05) is 0 Å². The Morgan fingerprint density at radius 2 is 1.68 bits per heavy atom. The van der Waals surface area contributed by atoms with E-state index in [-0.39, 0.29) is 17.2 Å². The fraction of sp³-hybridized carbons (Fsp3) is 0.167. The van der Waals surface area contributed by atoms with E-state index in [1.807, 2.05) is 0 Å². The number of carbonyl (C=O) groups is 1. The Balaban J connectivity index is 2.18. The summed E-state index contributed by atoms with van der Waals surface area (Å²) in [4.78, 5) is 11.6. The normalized spacial score (nSPS) is 11.8. The third kappa shape index (κ3) is 5.49. The van der Waals surface area contributed by atoms with Crippen LogP contribution in [0.2, 0.25) is 5.02 Å². The van der Waals surface area contributed by atoms with Crippen molar-refractivity contribution < 1.29 is 35.3 Å². The minimum atomic E-state index is -5.81. The Hall–Kier alpha value is -2.52. The summed E-state index contributed by atoms with van der Waals surface area (Å²) in [5, 5.41) is -0.306. The number of hydrogen-bond donors (Lipinski definition) is 0. The van der Waals surface area contributed by atoms with Crippen LogP contribution in [0, 0.1) is 0 Å². The number of ether oxygens (including phenoxy) is 1. The van der Waals surface area contributed by atoms with Crippen LogP contribution in [0.15, 0.2) is 54.8 Å². The molecule has 0 radical (unpaired) electrons.